The lowest BCUT2D eigenvalue weighted by atomic mass is 10.3. The SMILES string of the molecule is CCOc1ccc(N2CCn3c2nnc(C(=O)NCCN2CCOCC2)c3=O)cc1. The molecule has 10 heteroatoms. The molecule has 2 aliphatic rings. The van der Waals surface area contributed by atoms with E-state index in [2.05, 4.69) is 20.4 Å². The topological polar surface area (TPSA) is 102 Å². The van der Waals surface area contributed by atoms with E-state index in [4.69, 9.17) is 9.47 Å². The molecule has 0 spiro atoms. The molecule has 2 aromatic rings. The highest BCUT2D eigenvalue weighted by Crippen LogP contribution is 2.28. The minimum Gasteiger partial charge on any atom is -0.494 e. The highest BCUT2D eigenvalue weighted by molar-refractivity contribution is 5.91. The molecule has 0 unspecified atom stereocenters. The summed E-state index contributed by atoms with van der Waals surface area (Å²) >= 11 is 0. The first kappa shape index (κ1) is 20.3. The van der Waals surface area contributed by atoms with Gasteiger partial charge < -0.3 is 19.7 Å². The molecule has 1 saturated heterocycles. The molecule has 0 radical (unpaired) electrons. The van der Waals surface area contributed by atoms with Crippen molar-refractivity contribution in [1.82, 2.24) is 25.0 Å². The van der Waals surface area contributed by atoms with E-state index in [9.17, 15) is 9.59 Å². The van der Waals surface area contributed by atoms with Crippen LogP contribution in [0.2, 0.25) is 0 Å². The Morgan fingerprint density at radius 1 is 1.13 bits per heavy atom. The van der Waals surface area contributed by atoms with Gasteiger partial charge in [-0.15, -0.1) is 10.2 Å². The summed E-state index contributed by atoms with van der Waals surface area (Å²) in [4.78, 5) is 29.4. The number of anilines is 2. The molecule has 1 amide bonds. The molecule has 1 aromatic carbocycles. The molecule has 30 heavy (non-hydrogen) atoms. The highest BCUT2D eigenvalue weighted by Gasteiger charge is 2.27. The lowest BCUT2D eigenvalue weighted by molar-refractivity contribution is 0.0383. The van der Waals surface area contributed by atoms with Crippen LogP contribution >= 0.6 is 0 Å². The maximum Gasteiger partial charge on any atom is 0.286 e. The predicted octanol–water partition coefficient (Wildman–Crippen LogP) is 0.251. The van der Waals surface area contributed by atoms with Crippen molar-refractivity contribution in [3.05, 3.63) is 40.3 Å². The predicted molar refractivity (Wildman–Crippen MR) is 111 cm³/mol. The van der Waals surface area contributed by atoms with Gasteiger partial charge in [-0.3, -0.25) is 19.1 Å². The standard InChI is InChI=1S/C20H26N6O4/c1-2-30-16-5-3-15(4-6-16)25-9-10-26-19(28)17(22-23-20(25)26)18(27)21-7-8-24-11-13-29-14-12-24/h3-6H,2,7-14H2,1H3,(H,21,27). The molecule has 10 nitrogen and oxygen atoms in total. The van der Waals surface area contributed by atoms with Gasteiger partial charge in [-0.05, 0) is 31.2 Å². The first-order valence-electron chi connectivity index (χ1n) is 10.2. The first-order valence-corrected chi connectivity index (χ1v) is 10.2. The molecule has 0 aliphatic carbocycles. The second-order valence-electron chi connectivity index (χ2n) is 7.09. The van der Waals surface area contributed by atoms with E-state index in [-0.39, 0.29) is 5.69 Å². The van der Waals surface area contributed by atoms with Crippen LogP contribution in [0.15, 0.2) is 29.1 Å². The molecule has 1 fully saturated rings. The van der Waals surface area contributed by atoms with Crippen LogP contribution in [0.5, 0.6) is 5.75 Å². The lowest BCUT2D eigenvalue weighted by Crippen LogP contribution is -2.42. The molecule has 1 N–H and O–H groups in total. The molecule has 4 rings (SSSR count). The van der Waals surface area contributed by atoms with Crippen LogP contribution in [0.4, 0.5) is 11.6 Å². The van der Waals surface area contributed by atoms with Gasteiger partial charge in [0, 0.05) is 45.0 Å². The number of carbonyl (C=O) groups is 1. The van der Waals surface area contributed by atoms with Crippen molar-refractivity contribution in [1.29, 1.82) is 0 Å². The Morgan fingerprint density at radius 3 is 2.63 bits per heavy atom. The summed E-state index contributed by atoms with van der Waals surface area (Å²) in [7, 11) is 0. The second-order valence-corrected chi connectivity index (χ2v) is 7.09. The van der Waals surface area contributed by atoms with Crippen molar-refractivity contribution >= 4 is 17.5 Å². The van der Waals surface area contributed by atoms with Gasteiger partial charge in [-0.25, -0.2) is 0 Å². The Kier molecular flexibility index (Phi) is 6.24. The number of benzene rings is 1. The van der Waals surface area contributed by atoms with E-state index in [1.165, 1.54) is 4.57 Å². The van der Waals surface area contributed by atoms with Crippen molar-refractivity contribution in [3.63, 3.8) is 0 Å². The van der Waals surface area contributed by atoms with Gasteiger partial charge >= 0.3 is 0 Å². The normalized spacial score (nSPS) is 16.4. The molecule has 2 aliphatic heterocycles. The molecular formula is C20H26N6O4. The average Bonchev–Trinajstić information content (AvgIpc) is 3.20. The van der Waals surface area contributed by atoms with E-state index < -0.39 is 11.5 Å². The fourth-order valence-corrected chi connectivity index (χ4v) is 3.62. The summed E-state index contributed by atoms with van der Waals surface area (Å²) < 4.78 is 12.3. The number of morpholine rings is 1. The third kappa shape index (κ3) is 4.29. The van der Waals surface area contributed by atoms with Gasteiger partial charge in [0.05, 0.1) is 19.8 Å². The quantitative estimate of drug-likeness (QED) is 0.688. The number of ether oxygens (including phenoxy) is 2. The van der Waals surface area contributed by atoms with E-state index in [1.807, 2.05) is 36.1 Å². The van der Waals surface area contributed by atoms with Crippen LogP contribution in [0.25, 0.3) is 0 Å². The van der Waals surface area contributed by atoms with Crippen molar-refractivity contribution in [2.75, 3.05) is 57.4 Å². The molecule has 0 atom stereocenters. The van der Waals surface area contributed by atoms with Crippen molar-refractivity contribution in [2.45, 2.75) is 13.5 Å². The van der Waals surface area contributed by atoms with Crippen molar-refractivity contribution < 1.29 is 14.3 Å². The summed E-state index contributed by atoms with van der Waals surface area (Å²) in [6, 6.07) is 7.59. The monoisotopic (exact) mass is 414 g/mol. The number of aromatic nitrogens is 3. The number of carbonyl (C=O) groups excluding carboxylic acids is 1. The van der Waals surface area contributed by atoms with Gasteiger partial charge in [0.1, 0.15) is 5.75 Å². The Hall–Kier alpha value is -2.98. The number of hydrogen-bond donors (Lipinski definition) is 1. The zero-order valence-corrected chi connectivity index (χ0v) is 17.0. The average molecular weight is 414 g/mol. The first-order chi connectivity index (χ1) is 14.7. The minimum atomic E-state index is -0.490. The number of rotatable bonds is 7. The molecule has 1 aromatic heterocycles. The van der Waals surface area contributed by atoms with Gasteiger partial charge in [0.2, 0.25) is 11.6 Å². The third-order valence-electron chi connectivity index (χ3n) is 5.21. The van der Waals surface area contributed by atoms with Crippen LogP contribution in [0, 0.1) is 0 Å². The zero-order valence-electron chi connectivity index (χ0n) is 17.0. The van der Waals surface area contributed by atoms with Crippen molar-refractivity contribution in [2.24, 2.45) is 0 Å². The maximum absolute atomic E-state index is 12.8. The fourth-order valence-electron chi connectivity index (χ4n) is 3.62. The number of hydrogen-bond acceptors (Lipinski definition) is 8. The van der Waals surface area contributed by atoms with Crippen molar-refractivity contribution in [3.8, 4) is 5.75 Å². The van der Waals surface area contributed by atoms with Crippen LogP contribution in [0.1, 0.15) is 17.4 Å². The summed E-state index contributed by atoms with van der Waals surface area (Å²) in [6.45, 7) is 7.82. The number of fused-ring (bicyclic) bond motifs is 1. The van der Waals surface area contributed by atoms with Gasteiger partial charge in [0.15, 0.2) is 0 Å². The van der Waals surface area contributed by atoms with E-state index >= 15 is 0 Å². The summed E-state index contributed by atoms with van der Waals surface area (Å²) in [6.07, 6.45) is 0. The molecule has 0 bridgehead atoms. The largest absolute Gasteiger partial charge is 0.494 e. The Morgan fingerprint density at radius 2 is 1.90 bits per heavy atom. The van der Waals surface area contributed by atoms with Crippen LogP contribution in [-0.2, 0) is 11.3 Å². The van der Waals surface area contributed by atoms with Crippen LogP contribution in [-0.4, -0.2) is 78.1 Å². The van der Waals surface area contributed by atoms with Crippen LogP contribution in [0.3, 0.4) is 0 Å². The number of nitrogens with zero attached hydrogens (tertiary/aromatic N) is 5. The lowest BCUT2D eigenvalue weighted by Gasteiger charge is -2.26. The Bertz CT molecular complexity index is 939. The Labute approximate surface area is 174 Å². The third-order valence-corrected chi connectivity index (χ3v) is 5.21. The minimum absolute atomic E-state index is 0.172. The second kappa shape index (κ2) is 9.23. The molecule has 160 valence electrons. The Balaban J connectivity index is 1.43. The van der Waals surface area contributed by atoms with E-state index in [1.54, 1.807) is 0 Å². The van der Waals surface area contributed by atoms with Gasteiger partial charge in [0.25, 0.3) is 11.5 Å². The zero-order chi connectivity index (χ0) is 20.9. The maximum atomic E-state index is 12.8. The summed E-state index contributed by atoms with van der Waals surface area (Å²) in [5.74, 6) is 0.734. The van der Waals surface area contributed by atoms with E-state index in [0.717, 1.165) is 24.5 Å². The van der Waals surface area contributed by atoms with Gasteiger partial charge in [-0.2, -0.15) is 0 Å². The summed E-state index contributed by atoms with van der Waals surface area (Å²) in [5, 5.41) is 10.9. The number of nitrogens with one attached hydrogen (secondary N) is 1. The summed E-state index contributed by atoms with van der Waals surface area (Å²) in [5.41, 5.74) is 0.299. The molecule has 3 heterocycles. The number of amides is 1. The molecule has 0 saturated carbocycles. The van der Waals surface area contributed by atoms with Gasteiger partial charge in [-0.1, -0.05) is 0 Å². The van der Waals surface area contributed by atoms with E-state index in [0.29, 0.717) is 51.9 Å². The highest BCUT2D eigenvalue weighted by atomic mass is 16.5. The van der Waals surface area contributed by atoms with Crippen LogP contribution < -0.4 is 20.5 Å². The smallest absolute Gasteiger partial charge is 0.286 e. The molecular weight excluding hydrogens is 388 g/mol. The fraction of sp³-hybridized carbons (Fsp3) is 0.500.